The highest BCUT2D eigenvalue weighted by atomic mass is 35.5. The average Bonchev–Trinajstić information content (AvgIpc) is 2.82. The second-order valence-corrected chi connectivity index (χ2v) is 5.56. The molecule has 19 heavy (non-hydrogen) atoms. The Morgan fingerprint density at radius 3 is 2.32 bits per heavy atom. The smallest absolute Gasteiger partial charge is 0.125 e. The number of nitrogens with zero attached hydrogens (tertiary/aromatic N) is 2. The van der Waals surface area contributed by atoms with Crippen molar-refractivity contribution in [2.75, 3.05) is 0 Å². The van der Waals surface area contributed by atoms with Crippen molar-refractivity contribution in [3.8, 4) is 0 Å². The molecule has 0 atom stereocenters. The summed E-state index contributed by atoms with van der Waals surface area (Å²) in [4.78, 5) is 4.65. The Hall–Kier alpha value is -0.730. The van der Waals surface area contributed by atoms with Crippen LogP contribution in [0, 0.1) is 0 Å². The first-order valence-electron chi connectivity index (χ1n) is 6.85. The van der Waals surface area contributed by atoms with Gasteiger partial charge >= 0.3 is 0 Å². The molecule has 1 aromatic carbocycles. The molecule has 2 nitrogen and oxygen atoms in total. The van der Waals surface area contributed by atoms with Crippen molar-refractivity contribution in [1.29, 1.82) is 0 Å². The van der Waals surface area contributed by atoms with Gasteiger partial charge in [-0.15, -0.1) is 11.6 Å². The summed E-state index contributed by atoms with van der Waals surface area (Å²) in [5.74, 6) is 1.32. The van der Waals surface area contributed by atoms with Crippen LogP contribution in [-0.4, -0.2) is 9.55 Å². The lowest BCUT2D eigenvalue weighted by atomic mass is 9.89. The zero-order valence-electron chi connectivity index (χ0n) is 11.7. The van der Waals surface area contributed by atoms with Gasteiger partial charge in [-0.25, -0.2) is 4.98 Å². The van der Waals surface area contributed by atoms with E-state index in [0.29, 0.717) is 5.88 Å². The molecule has 2 aromatic rings. The fourth-order valence-electron chi connectivity index (χ4n) is 2.96. The summed E-state index contributed by atoms with van der Waals surface area (Å²) in [6.45, 7) is 6.65. The molecule has 0 radical (unpaired) electrons. The van der Waals surface area contributed by atoms with Gasteiger partial charge in [0.2, 0.25) is 0 Å². The van der Waals surface area contributed by atoms with Crippen molar-refractivity contribution in [2.45, 2.75) is 51.5 Å². The van der Waals surface area contributed by atoms with Gasteiger partial charge in [0.05, 0.1) is 21.9 Å². The SMILES string of the molecule is CCC(CC)(CC)n1c(CCl)nc2cccc(Cl)c21. The first kappa shape index (κ1) is 14.7. The van der Waals surface area contributed by atoms with Gasteiger partial charge in [-0.2, -0.15) is 0 Å². The van der Waals surface area contributed by atoms with Crippen LogP contribution in [-0.2, 0) is 11.4 Å². The normalized spacial score (nSPS) is 12.3. The van der Waals surface area contributed by atoms with E-state index < -0.39 is 0 Å². The molecule has 0 fully saturated rings. The number of imidazole rings is 1. The number of hydrogen-bond acceptors (Lipinski definition) is 1. The molecule has 2 rings (SSSR count). The van der Waals surface area contributed by atoms with E-state index in [1.54, 1.807) is 0 Å². The number of rotatable bonds is 5. The Morgan fingerprint density at radius 1 is 1.16 bits per heavy atom. The summed E-state index contributed by atoms with van der Waals surface area (Å²) in [5, 5.41) is 0.751. The number of hydrogen-bond donors (Lipinski definition) is 0. The van der Waals surface area contributed by atoms with Gasteiger partial charge < -0.3 is 4.57 Å². The highest BCUT2D eigenvalue weighted by molar-refractivity contribution is 6.35. The van der Waals surface area contributed by atoms with Gasteiger partial charge in [-0.05, 0) is 31.4 Å². The zero-order valence-corrected chi connectivity index (χ0v) is 13.2. The first-order chi connectivity index (χ1) is 9.13. The van der Waals surface area contributed by atoms with Crippen LogP contribution in [0.25, 0.3) is 11.0 Å². The fourth-order valence-corrected chi connectivity index (χ4v) is 3.39. The van der Waals surface area contributed by atoms with E-state index in [1.165, 1.54) is 0 Å². The molecule has 0 bridgehead atoms. The predicted molar refractivity (Wildman–Crippen MR) is 83.1 cm³/mol. The molecular weight excluding hydrogens is 279 g/mol. The van der Waals surface area contributed by atoms with E-state index in [1.807, 2.05) is 18.2 Å². The Labute approximate surface area is 124 Å². The summed E-state index contributed by atoms with van der Waals surface area (Å²) < 4.78 is 2.28. The zero-order chi connectivity index (χ0) is 14.0. The third kappa shape index (κ3) is 2.25. The lowest BCUT2D eigenvalue weighted by molar-refractivity contribution is 0.253. The number of aromatic nitrogens is 2. The van der Waals surface area contributed by atoms with E-state index in [0.717, 1.165) is 41.1 Å². The van der Waals surface area contributed by atoms with Crippen LogP contribution in [0.3, 0.4) is 0 Å². The monoisotopic (exact) mass is 298 g/mol. The number of halogens is 2. The van der Waals surface area contributed by atoms with Crippen LogP contribution in [0.4, 0.5) is 0 Å². The molecular formula is C15H20Cl2N2. The molecule has 1 aromatic heterocycles. The average molecular weight is 299 g/mol. The lowest BCUT2D eigenvalue weighted by Crippen LogP contribution is -2.32. The van der Waals surface area contributed by atoms with Gasteiger partial charge in [0.15, 0.2) is 0 Å². The maximum absolute atomic E-state index is 6.41. The third-order valence-corrected chi connectivity index (χ3v) is 4.81. The molecule has 0 amide bonds. The molecule has 4 heteroatoms. The van der Waals surface area contributed by atoms with Gasteiger partial charge in [-0.1, -0.05) is 38.4 Å². The van der Waals surface area contributed by atoms with E-state index in [9.17, 15) is 0 Å². The van der Waals surface area contributed by atoms with Crippen molar-refractivity contribution in [1.82, 2.24) is 9.55 Å². The quantitative estimate of drug-likeness (QED) is 0.680. The summed E-state index contributed by atoms with van der Waals surface area (Å²) in [5.41, 5.74) is 2.00. The first-order valence-corrected chi connectivity index (χ1v) is 7.77. The second-order valence-electron chi connectivity index (χ2n) is 4.89. The minimum Gasteiger partial charge on any atom is -0.320 e. The van der Waals surface area contributed by atoms with Gasteiger partial charge in [0.1, 0.15) is 5.82 Å². The van der Waals surface area contributed by atoms with Crippen molar-refractivity contribution < 1.29 is 0 Å². The van der Waals surface area contributed by atoms with E-state index >= 15 is 0 Å². The summed E-state index contributed by atoms with van der Waals surface area (Å²) in [7, 11) is 0. The molecule has 0 aliphatic heterocycles. The standard InChI is InChI=1S/C15H20Cl2N2/c1-4-15(5-2,6-3)19-13(10-16)18-12-9-7-8-11(17)14(12)19/h7-9H,4-6,10H2,1-3H3. The van der Waals surface area contributed by atoms with Crippen LogP contribution >= 0.6 is 23.2 Å². The van der Waals surface area contributed by atoms with Crippen LogP contribution in [0.1, 0.15) is 45.9 Å². The summed E-state index contributed by atoms with van der Waals surface area (Å²) >= 11 is 12.5. The minimum absolute atomic E-state index is 0.0456. The van der Waals surface area contributed by atoms with Crippen LogP contribution in [0.15, 0.2) is 18.2 Å². The topological polar surface area (TPSA) is 17.8 Å². The fraction of sp³-hybridized carbons (Fsp3) is 0.533. The Kier molecular flexibility index (Phi) is 4.42. The van der Waals surface area contributed by atoms with E-state index in [2.05, 4.69) is 30.3 Å². The van der Waals surface area contributed by atoms with Crippen molar-refractivity contribution in [2.24, 2.45) is 0 Å². The number of alkyl halides is 1. The molecule has 0 saturated heterocycles. The number of benzene rings is 1. The third-order valence-electron chi connectivity index (χ3n) is 4.26. The molecule has 1 heterocycles. The number of para-hydroxylation sites is 1. The Morgan fingerprint density at radius 2 is 1.79 bits per heavy atom. The molecule has 0 unspecified atom stereocenters. The van der Waals surface area contributed by atoms with Crippen LogP contribution in [0.2, 0.25) is 5.02 Å². The van der Waals surface area contributed by atoms with Crippen molar-refractivity contribution in [3.05, 3.63) is 29.0 Å². The van der Waals surface area contributed by atoms with E-state index in [4.69, 9.17) is 23.2 Å². The Balaban J connectivity index is 2.83. The summed E-state index contributed by atoms with van der Waals surface area (Å²) in [6, 6.07) is 5.86. The van der Waals surface area contributed by atoms with Gasteiger partial charge in [-0.3, -0.25) is 0 Å². The molecule has 0 aliphatic carbocycles. The molecule has 0 N–H and O–H groups in total. The largest absolute Gasteiger partial charge is 0.320 e. The highest BCUT2D eigenvalue weighted by Gasteiger charge is 2.31. The molecule has 104 valence electrons. The summed E-state index contributed by atoms with van der Waals surface area (Å²) in [6.07, 6.45) is 3.13. The maximum atomic E-state index is 6.41. The van der Waals surface area contributed by atoms with Gasteiger partial charge in [0.25, 0.3) is 0 Å². The lowest BCUT2D eigenvalue weighted by Gasteiger charge is -2.34. The molecule has 0 spiro atoms. The van der Waals surface area contributed by atoms with Crippen molar-refractivity contribution >= 4 is 34.2 Å². The number of fused-ring (bicyclic) bond motifs is 1. The minimum atomic E-state index is 0.0456. The van der Waals surface area contributed by atoms with Crippen LogP contribution in [0.5, 0.6) is 0 Å². The Bertz CT molecular complexity index is 563. The second kappa shape index (κ2) is 5.72. The maximum Gasteiger partial charge on any atom is 0.125 e. The van der Waals surface area contributed by atoms with E-state index in [-0.39, 0.29) is 5.54 Å². The van der Waals surface area contributed by atoms with Crippen LogP contribution < -0.4 is 0 Å². The molecule has 0 saturated carbocycles. The predicted octanol–water partition coefficient (Wildman–Crippen LogP) is 5.35. The van der Waals surface area contributed by atoms with Crippen molar-refractivity contribution in [3.63, 3.8) is 0 Å². The molecule has 0 aliphatic rings. The van der Waals surface area contributed by atoms with Gasteiger partial charge in [0, 0.05) is 5.54 Å². The highest BCUT2D eigenvalue weighted by Crippen LogP contribution is 2.37.